The van der Waals surface area contributed by atoms with Crippen molar-refractivity contribution in [3.63, 3.8) is 0 Å². The first kappa shape index (κ1) is 19.4. The zero-order chi connectivity index (χ0) is 17.8. The molecule has 9 heteroatoms. The Balaban J connectivity index is 2.86. The number of esters is 1. The summed E-state index contributed by atoms with van der Waals surface area (Å²) in [6.45, 7) is 3.98. The largest absolute Gasteiger partial charge is 0.448 e. The molecule has 1 rings (SSSR count). The van der Waals surface area contributed by atoms with Gasteiger partial charge in [-0.2, -0.15) is 21.6 Å². The summed E-state index contributed by atoms with van der Waals surface area (Å²) in [6, 6.07) is 5.78. The Kier molecular flexibility index (Phi) is 6.18. The van der Waals surface area contributed by atoms with E-state index >= 15 is 0 Å². The molecule has 0 saturated carbocycles. The van der Waals surface area contributed by atoms with Crippen LogP contribution in [0.3, 0.4) is 0 Å². The molecule has 0 aliphatic heterocycles. The monoisotopic (exact) mass is 354 g/mol. The van der Waals surface area contributed by atoms with E-state index in [-0.39, 0.29) is 5.56 Å². The van der Waals surface area contributed by atoms with Gasteiger partial charge in [0.1, 0.15) is 5.75 Å². The first-order valence-electron chi connectivity index (χ1n) is 6.70. The summed E-state index contributed by atoms with van der Waals surface area (Å²) in [4.78, 5) is 11.7. The number of alkyl halides is 3. The quantitative estimate of drug-likeness (QED) is 0.628. The van der Waals surface area contributed by atoms with Gasteiger partial charge in [0.2, 0.25) is 6.10 Å². The van der Waals surface area contributed by atoms with Gasteiger partial charge in [-0.3, -0.25) is 4.55 Å². The Morgan fingerprint density at radius 2 is 1.74 bits per heavy atom. The molecule has 23 heavy (non-hydrogen) atoms. The molecular weight excluding hydrogens is 337 g/mol. The highest BCUT2D eigenvalue weighted by Gasteiger charge is 2.45. The van der Waals surface area contributed by atoms with E-state index in [1.165, 1.54) is 12.1 Å². The van der Waals surface area contributed by atoms with Gasteiger partial charge >= 0.3 is 12.1 Å². The zero-order valence-corrected chi connectivity index (χ0v) is 13.3. The Bertz CT molecular complexity index is 635. The lowest BCUT2D eigenvalue weighted by molar-refractivity contribution is -0.197. The number of benzene rings is 1. The van der Waals surface area contributed by atoms with Crippen LogP contribution in [0, 0.1) is 5.92 Å². The standard InChI is InChI=1S/C14H17F3O5S/c1-9(2)7-10-3-5-11(6-4-10)13(18)22-12(14(15,16)17)8-23(19,20)21/h3-6,9,12H,7-8H2,1-2H3,(H,19,20,21). The molecule has 1 aromatic carbocycles. The minimum absolute atomic E-state index is 0.137. The summed E-state index contributed by atoms with van der Waals surface area (Å²) in [5.74, 6) is -2.68. The molecule has 1 atom stereocenters. The number of ether oxygens (including phenoxy) is 1. The third kappa shape index (κ3) is 7.00. The topological polar surface area (TPSA) is 80.7 Å². The fourth-order valence-corrected chi connectivity index (χ4v) is 2.47. The van der Waals surface area contributed by atoms with Crippen LogP contribution in [0.15, 0.2) is 24.3 Å². The second-order valence-corrected chi connectivity index (χ2v) is 6.98. The van der Waals surface area contributed by atoms with E-state index in [9.17, 15) is 26.4 Å². The SMILES string of the molecule is CC(C)Cc1ccc(C(=O)OC(CS(=O)(=O)O)C(F)(F)F)cc1. The van der Waals surface area contributed by atoms with Crippen molar-refractivity contribution in [2.45, 2.75) is 32.5 Å². The van der Waals surface area contributed by atoms with Gasteiger partial charge in [-0.1, -0.05) is 26.0 Å². The lowest BCUT2D eigenvalue weighted by Crippen LogP contribution is -2.39. The van der Waals surface area contributed by atoms with Gasteiger partial charge in [0, 0.05) is 0 Å². The van der Waals surface area contributed by atoms with Gasteiger partial charge in [-0.15, -0.1) is 0 Å². The van der Waals surface area contributed by atoms with E-state index in [2.05, 4.69) is 4.74 Å². The second kappa shape index (κ2) is 7.31. The van der Waals surface area contributed by atoms with Crippen LogP contribution in [0.25, 0.3) is 0 Å². The molecule has 0 aliphatic carbocycles. The van der Waals surface area contributed by atoms with E-state index in [1.807, 2.05) is 13.8 Å². The van der Waals surface area contributed by atoms with Gasteiger partial charge in [-0.25, -0.2) is 4.79 Å². The lowest BCUT2D eigenvalue weighted by atomic mass is 10.0. The molecule has 1 N–H and O–H groups in total. The number of hydrogen-bond donors (Lipinski definition) is 1. The van der Waals surface area contributed by atoms with Crippen molar-refractivity contribution in [1.82, 2.24) is 0 Å². The fourth-order valence-electron chi connectivity index (χ4n) is 1.83. The average Bonchev–Trinajstić information content (AvgIpc) is 2.35. The van der Waals surface area contributed by atoms with E-state index in [0.29, 0.717) is 5.92 Å². The smallest absolute Gasteiger partial charge is 0.426 e. The summed E-state index contributed by atoms with van der Waals surface area (Å²) in [5.41, 5.74) is 0.768. The number of rotatable bonds is 6. The Labute approximate surface area is 132 Å². The van der Waals surface area contributed by atoms with Gasteiger partial charge < -0.3 is 4.74 Å². The summed E-state index contributed by atoms with van der Waals surface area (Å²) in [6.07, 6.45) is -7.30. The van der Waals surface area contributed by atoms with Crippen molar-refractivity contribution in [2.24, 2.45) is 5.92 Å². The van der Waals surface area contributed by atoms with Crippen molar-refractivity contribution >= 4 is 16.1 Å². The maximum Gasteiger partial charge on any atom is 0.426 e. The molecule has 0 amide bonds. The van der Waals surface area contributed by atoms with Gasteiger partial charge in [-0.05, 0) is 30.0 Å². The molecule has 0 aliphatic rings. The Morgan fingerprint density at radius 1 is 1.22 bits per heavy atom. The molecule has 0 heterocycles. The van der Waals surface area contributed by atoms with E-state index < -0.39 is 34.1 Å². The van der Waals surface area contributed by atoms with Gasteiger partial charge in [0.05, 0.1) is 5.56 Å². The molecule has 0 saturated heterocycles. The predicted octanol–water partition coefficient (Wildman–Crippen LogP) is 2.86. The van der Waals surface area contributed by atoms with Crippen LogP contribution in [0.5, 0.6) is 0 Å². The molecule has 130 valence electrons. The highest BCUT2D eigenvalue weighted by molar-refractivity contribution is 7.85. The summed E-state index contributed by atoms with van der Waals surface area (Å²) >= 11 is 0. The molecule has 0 radical (unpaired) electrons. The molecule has 0 bridgehead atoms. The van der Waals surface area contributed by atoms with Crippen LogP contribution in [0.1, 0.15) is 29.8 Å². The molecule has 0 spiro atoms. The molecule has 1 unspecified atom stereocenters. The molecule has 0 fully saturated rings. The van der Waals surface area contributed by atoms with Gasteiger partial charge in [0.25, 0.3) is 10.1 Å². The minimum Gasteiger partial charge on any atom is -0.448 e. The number of halogens is 3. The Hall–Kier alpha value is -1.61. The van der Waals surface area contributed by atoms with Gasteiger partial charge in [0.15, 0.2) is 0 Å². The maximum absolute atomic E-state index is 12.7. The van der Waals surface area contributed by atoms with E-state index in [0.717, 1.165) is 12.0 Å². The van der Waals surface area contributed by atoms with Crippen molar-refractivity contribution in [3.05, 3.63) is 35.4 Å². The van der Waals surface area contributed by atoms with Crippen molar-refractivity contribution in [3.8, 4) is 0 Å². The number of carbonyl (C=O) groups is 1. The lowest BCUT2D eigenvalue weighted by Gasteiger charge is -2.19. The van der Waals surface area contributed by atoms with Crippen LogP contribution in [0.2, 0.25) is 0 Å². The molecular formula is C14H17F3O5S. The highest BCUT2D eigenvalue weighted by Crippen LogP contribution is 2.25. The Morgan fingerprint density at radius 3 is 2.13 bits per heavy atom. The predicted molar refractivity (Wildman–Crippen MR) is 76.7 cm³/mol. The second-order valence-electron chi connectivity index (χ2n) is 5.48. The molecule has 5 nitrogen and oxygen atoms in total. The third-order valence-corrected chi connectivity index (χ3v) is 3.53. The van der Waals surface area contributed by atoms with Crippen LogP contribution >= 0.6 is 0 Å². The van der Waals surface area contributed by atoms with Crippen LogP contribution in [0.4, 0.5) is 13.2 Å². The van der Waals surface area contributed by atoms with Crippen LogP contribution < -0.4 is 0 Å². The van der Waals surface area contributed by atoms with E-state index in [4.69, 9.17) is 4.55 Å². The normalized spacial score (nSPS) is 13.9. The zero-order valence-electron chi connectivity index (χ0n) is 12.5. The summed E-state index contributed by atoms with van der Waals surface area (Å²) in [7, 11) is -4.95. The minimum atomic E-state index is -5.11. The fraction of sp³-hybridized carbons (Fsp3) is 0.500. The first-order valence-corrected chi connectivity index (χ1v) is 8.31. The van der Waals surface area contributed by atoms with Crippen LogP contribution in [-0.2, 0) is 21.3 Å². The van der Waals surface area contributed by atoms with Crippen molar-refractivity contribution in [2.75, 3.05) is 5.75 Å². The first-order chi connectivity index (χ1) is 10.4. The van der Waals surface area contributed by atoms with Crippen molar-refractivity contribution in [1.29, 1.82) is 0 Å². The maximum atomic E-state index is 12.7. The molecule has 1 aromatic rings. The number of carbonyl (C=O) groups excluding carboxylic acids is 1. The highest BCUT2D eigenvalue weighted by atomic mass is 32.2. The van der Waals surface area contributed by atoms with E-state index in [1.54, 1.807) is 12.1 Å². The third-order valence-electron chi connectivity index (χ3n) is 2.81. The average molecular weight is 354 g/mol. The van der Waals surface area contributed by atoms with Crippen LogP contribution in [-0.4, -0.2) is 37.0 Å². The summed E-state index contributed by atoms with van der Waals surface area (Å²) in [5, 5.41) is 0. The summed E-state index contributed by atoms with van der Waals surface area (Å²) < 4.78 is 72.0. The number of hydrogen-bond acceptors (Lipinski definition) is 4. The molecule has 0 aromatic heterocycles. The van der Waals surface area contributed by atoms with Crippen molar-refractivity contribution < 1.29 is 35.7 Å².